The molecule has 2 heterocycles. The smallest absolute Gasteiger partial charge is 0.229 e. The number of hydrogen-bond acceptors (Lipinski definition) is 3. The zero-order chi connectivity index (χ0) is 6.97. The van der Waals surface area contributed by atoms with Crippen LogP contribution in [0.25, 0.3) is 11.1 Å². The topological polar surface area (TPSA) is 38.9 Å². The number of rotatable bonds is 0. The fraction of sp³-hybridized carbons (Fsp3) is 0. The van der Waals surface area contributed by atoms with Crippen LogP contribution in [0.2, 0.25) is 0 Å². The van der Waals surface area contributed by atoms with E-state index in [0.29, 0.717) is 10.4 Å². The largest absolute Gasteiger partial charge is 0.446 e. The van der Waals surface area contributed by atoms with Crippen molar-refractivity contribution in [3.8, 4) is 0 Å². The van der Waals surface area contributed by atoms with Gasteiger partial charge in [0.25, 0.3) is 0 Å². The zero-order valence-electron chi connectivity index (χ0n) is 4.91. The summed E-state index contributed by atoms with van der Waals surface area (Å²) in [6.07, 6.45) is 3.29. The van der Waals surface area contributed by atoms with Crippen LogP contribution in [0.1, 0.15) is 0 Å². The first-order valence-electron chi connectivity index (χ1n) is 2.72. The van der Waals surface area contributed by atoms with Gasteiger partial charge in [0, 0.05) is 6.20 Å². The second kappa shape index (κ2) is 2.05. The van der Waals surface area contributed by atoms with Crippen molar-refractivity contribution in [2.45, 2.75) is 0 Å². The Morgan fingerprint density at radius 1 is 1.50 bits per heavy atom. The quantitative estimate of drug-likeness (QED) is 0.609. The maximum absolute atomic E-state index is 5.02. The summed E-state index contributed by atoms with van der Waals surface area (Å²) >= 11 is 3.13. The Labute approximate surface area is 65.2 Å². The normalized spacial score (nSPS) is 10.5. The maximum Gasteiger partial charge on any atom is 0.229 e. The number of aromatic nitrogens is 2. The van der Waals surface area contributed by atoms with Crippen molar-refractivity contribution in [3.05, 3.63) is 23.3 Å². The van der Waals surface area contributed by atoms with Crippen molar-refractivity contribution in [1.82, 2.24) is 9.97 Å². The van der Waals surface area contributed by atoms with Crippen molar-refractivity contribution in [2.75, 3.05) is 0 Å². The van der Waals surface area contributed by atoms with Crippen LogP contribution >= 0.6 is 15.9 Å². The molecule has 2 aromatic rings. The van der Waals surface area contributed by atoms with Crippen LogP contribution in [-0.4, -0.2) is 9.97 Å². The molecular formula is C6H3BrN2O. The van der Waals surface area contributed by atoms with E-state index >= 15 is 0 Å². The van der Waals surface area contributed by atoms with E-state index in [1.54, 1.807) is 12.5 Å². The lowest BCUT2D eigenvalue weighted by molar-refractivity contribution is 0.601. The maximum atomic E-state index is 5.02. The minimum Gasteiger partial charge on any atom is -0.446 e. The van der Waals surface area contributed by atoms with E-state index in [4.69, 9.17) is 4.42 Å². The third kappa shape index (κ3) is 0.806. The second-order valence-electron chi connectivity index (χ2n) is 1.82. The molecule has 0 unspecified atom stereocenters. The van der Waals surface area contributed by atoms with Gasteiger partial charge in [-0.05, 0) is 22.0 Å². The highest BCUT2D eigenvalue weighted by Gasteiger charge is 1.97. The number of nitrogens with zero attached hydrogens (tertiary/aromatic N) is 2. The molecule has 0 saturated carbocycles. The van der Waals surface area contributed by atoms with Gasteiger partial charge in [0.05, 0.1) is 11.6 Å². The molecule has 0 aromatic carbocycles. The van der Waals surface area contributed by atoms with Gasteiger partial charge < -0.3 is 4.42 Å². The minimum atomic E-state index is 0.551. The summed E-state index contributed by atoms with van der Waals surface area (Å²) in [5.41, 5.74) is 0.613. The van der Waals surface area contributed by atoms with Gasteiger partial charge >= 0.3 is 0 Å². The predicted molar refractivity (Wildman–Crippen MR) is 39.5 cm³/mol. The minimum absolute atomic E-state index is 0.551. The molecule has 4 heteroatoms. The molecule has 0 aliphatic rings. The fourth-order valence-electron chi connectivity index (χ4n) is 0.736. The lowest BCUT2D eigenvalue weighted by Gasteiger charge is -1.85. The second-order valence-corrected chi connectivity index (χ2v) is 2.53. The van der Waals surface area contributed by atoms with E-state index in [-0.39, 0.29) is 0 Å². The molecule has 0 bridgehead atoms. The molecule has 3 nitrogen and oxygen atoms in total. The summed E-state index contributed by atoms with van der Waals surface area (Å²) in [5, 5.41) is 0.920. The van der Waals surface area contributed by atoms with E-state index in [9.17, 15) is 0 Å². The average Bonchev–Trinajstić information content (AvgIpc) is 2.33. The van der Waals surface area contributed by atoms with Crippen molar-refractivity contribution in [3.63, 3.8) is 0 Å². The predicted octanol–water partition coefficient (Wildman–Crippen LogP) is 1.99. The Hall–Kier alpha value is -0.900. The van der Waals surface area contributed by atoms with Gasteiger partial charge in [-0.3, -0.25) is 0 Å². The highest BCUT2D eigenvalue weighted by Crippen LogP contribution is 2.12. The van der Waals surface area contributed by atoms with Gasteiger partial charge in [-0.15, -0.1) is 0 Å². The molecule has 0 amide bonds. The lowest BCUT2D eigenvalue weighted by Crippen LogP contribution is -1.78. The van der Waals surface area contributed by atoms with Crippen LogP contribution in [0.3, 0.4) is 0 Å². The Kier molecular flexibility index (Phi) is 1.20. The molecule has 0 aliphatic heterocycles. The van der Waals surface area contributed by atoms with E-state index in [2.05, 4.69) is 25.9 Å². The number of fused-ring (bicyclic) bond motifs is 1. The molecule has 0 spiro atoms. The molecule has 0 N–H and O–H groups in total. The van der Waals surface area contributed by atoms with Gasteiger partial charge in [-0.2, -0.15) is 4.98 Å². The third-order valence-corrected chi connectivity index (χ3v) is 1.56. The zero-order valence-corrected chi connectivity index (χ0v) is 6.50. The molecule has 0 atom stereocenters. The van der Waals surface area contributed by atoms with Gasteiger partial charge in [0.2, 0.25) is 5.71 Å². The van der Waals surface area contributed by atoms with Crippen LogP contribution in [0.5, 0.6) is 0 Å². The van der Waals surface area contributed by atoms with Crippen LogP contribution in [0.15, 0.2) is 27.7 Å². The van der Waals surface area contributed by atoms with Gasteiger partial charge in [-0.1, -0.05) is 0 Å². The highest BCUT2D eigenvalue weighted by atomic mass is 79.9. The van der Waals surface area contributed by atoms with E-state index in [1.807, 2.05) is 6.07 Å². The van der Waals surface area contributed by atoms with Crippen molar-refractivity contribution >= 4 is 27.0 Å². The highest BCUT2D eigenvalue weighted by molar-refractivity contribution is 9.10. The average molecular weight is 199 g/mol. The Bertz CT molecular complexity index is 357. The summed E-state index contributed by atoms with van der Waals surface area (Å²) in [6.45, 7) is 0. The standard InChI is InChI=1S/C6H3BrN2O/c7-6-8-3-4-1-2-10-5(4)9-6/h1-3H. The Balaban J connectivity index is 2.86. The van der Waals surface area contributed by atoms with Crippen LogP contribution in [0, 0.1) is 0 Å². The van der Waals surface area contributed by atoms with Crippen molar-refractivity contribution in [1.29, 1.82) is 0 Å². The monoisotopic (exact) mass is 198 g/mol. The Morgan fingerprint density at radius 2 is 2.40 bits per heavy atom. The van der Waals surface area contributed by atoms with Crippen LogP contribution < -0.4 is 0 Å². The molecule has 0 fully saturated rings. The lowest BCUT2D eigenvalue weighted by atomic mass is 10.4. The number of hydrogen-bond donors (Lipinski definition) is 0. The number of furan rings is 1. The van der Waals surface area contributed by atoms with Gasteiger partial charge in [-0.25, -0.2) is 4.98 Å². The van der Waals surface area contributed by atoms with Crippen LogP contribution in [-0.2, 0) is 0 Å². The fourth-order valence-corrected chi connectivity index (χ4v) is 0.999. The molecule has 0 radical (unpaired) electrons. The van der Waals surface area contributed by atoms with Crippen LogP contribution in [0.4, 0.5) is 0 Å². The van der Waals surface area contributed by atoms with Crippen molar-refractivity contribution in [2.24, 2.45) is 0 Å². The Morgan fingerprint density at radius 3 is 3.30 bits per heavy atom. The summed E-state index contributed by atoms with van der Waals surface area (Å²) in [7, 11) is 0. The SMILES string of the molecule is Brc1ncc2ccoc2n1. The molecule has 0 aliphatic carbocycles. The van der Waals surface area contributed by atoms with E-state index in [1.165, 1.54) is 0 Å². The molecule has 2 rings (SSSR count). The first-order chi connectivity index (χ1) is 4.86. The molecule has 50 valence electrons. The third-order valence-electron chi connectivity index (χ3n) is 1.18. The number of halogens is 1. The first kappa shape index (κ1) is 5.85. The molecular weight excluding hydrogens is 196 g/mol. The molecule has 10 heavy (non-hydrogen) atoms. The first-order valence-corrected chi connectivity index (χ1v) is 3.51. The molecule has 2 aromatic heterocycles. The summed E-state index contributed by atoms with van der Waals surface area (Å²) < 4.78 is 5.57. The van der Waals surface area contributed by atoms with E-state index < -0.39 is 0 Å². The summed E-state index contributed by atoms with van der Waals surface area (Å²) in [6, 6.07) is 1.82. The summed E-state index contributed by atoms with van der Waals surface area (Å²) in [4.78, 5) is 7.90. The molecule has 0 saturated heterocycles. The van der Waals surface area contributed by atoms with E-state index in [0.717, 1.165) is 5.39 Å². The van der Waals surface area contributed by atoms with Crippen molar-refractivity contribution < 1.29 is 4.42 Å². The van der Waals surface area contributed by atoms with Gasteiger partial charge in [0.15, 0.2) is 4.73 Å². The van der Waals surface area contributed by atoms with Gasteiger partial charge in [0.1, 0.15) is 0 Å². The summed E-state index contributed by atoms with van der Waals surface area (Å²) in [5.74, 6) is 0.